The van der Waals surface area contributed by atoms with E-state index in [1.54, 1.807) is 13.8 Å². The second-order valence-corrected chi connectivity index (χ2v) is 7.32. The molecule has 0 amide bonds. The third-order valence-electron chi connectivity index (χ3n) is 5.13. The predicted octanol–water partition coefficient (Wildman–Crippen LogP) is 5.08. The van der Waals surface area contributed by atoms with Crippen molar-refractivity contribution in [3.8, 4) is 11.8 Å². The summed E-state index contributed by atoms with van der Waals surface area (Å²) in [5, 5.41) is 11.8. The maximum absolute atomic E-state index is 11.4. The summed E-state index contributed by atoms with van der Waals surface area (Å²) in [6.07, 6.45) is 0. The van der Waals surface area contributed by atoms with E-state index in [0.717, 1.165) is 17.7 Å². The summed E-state index contributed by atoms with van der Waals surface area (Å²) >= 11 is 0. The molecule has 3 aromatic carbocycles. The SMILES string of the molecule is CCN(CC#Cc1ccc(C(C)(C)C(=O)O)cc1)c1cccc2ccccc12. The van der Waals surface area contributed by atoms with Gasteiger partial charge in [0.1, 0.15) is 0 Å². The van der Waals surface area contributed by atoms with E-state index in [1.807, 2.05) is 24.3 Å². The van der Waals surface area contributed by atoms with Gasteiger partial charge in [0, 0.05) is 23.2 Å². The molecule has 3 nitrogen and oxygen atoms in total. The average Bonchev–Trinajstić information content (AvgIpc) is 2.71. The lowest BCUT2D eigenvalue weighted by Gasteiger charge is -2.22. The van der Waals surface area contributed by atoms with Crippen LogP contribution in [0.25, 0.3) is 10.8 Å². The van der Waals surface area contributed by atoms with Crippen LogP contribution in [0, 0.1) is 11.8 Å². The highest BCUT2D eigenvalue weighted by molar-refractivity contribution is 5.94. The van der Waals surface area contributed by atoms with Crippen molar-refractivity contribution in [3.05, 3.63) is 77.9 Å². The van der Waals surface area contributed by atoms with Crippen molar-refractivity contribution in [2.24, 2.45) is 0 Å². The Kier molecular flexibility index (Phi) is 5.70. The third-order valence-corrected chi connectivity index (χ3v) is 5.13. The fourth-order valence-electron chi connectivity index (χ4n) is 3.18. The summed E-state index contributed by atoms with van der Waals surface area (Å²) in [6.45, 7) is 7.05. The van der Waals surface area contributed by atoms with Gasteiger partial charge in [-0.25, -0.2) is 0 Å². The first-order valence-electron chi connectivity index (χ1n) is 9.49. The molecule has 0 saturated carbocycles. The number of rotatable bonds is 5. The topological polar surface area (TPSA) is 40.5 Å². The maximum Gasteiger partial charge on any atom is 0.313 e. The van der Waals surface area contributed by atoms with E-state index in [4.69, 9.17) is 0 Å². The quantitative estimate of drug-likeness (QED) is 0.636. The van der Waals surface area contributed by atoms with Gasteiger partial charge in [-0.1, -0.05) is 60.4 Å². The van der Waals surface area contributed by atoms with Gasteiger partial charge in [-0.2, -0.15) is 0 Å². The fourth-order valence-corrected chi connectivity index (χ4v) is 3.18. The van der Waals surface area contributed by atoms with Crippen LogP contribution in [-0.2, 0) is 10.2 Å². The molecular formula is C25H25NO2. The zero-order valence-corrected chi connectivity index (χ0v) is 16.6. The van der Waals surface area contributed by atoms with E-state index in [9.17, 15) is 9.90 Å². The van der Waals surface area contributed by atoms with Crippen molar-refractivity contribution in [1.82, 2.24) is 0 Å². The number of hydrogen-bond donors (Lipinski definition) is 1. The predicted molar refractivity (Wildman–Crippen MR) is 116 cm³/mol. The molecule has 0 fully saturated rings. The molecule has 0 spiro atoms. The largest absolute Gasteiger partial charge is 0.481 e. The summed E-state index contributed by atoms with van der Waals surface area (Å²) in [7, 11) is 0. The zero-order valence-electron chi connectivity index (χ0n) is 16.6. The average molecular weight is 371 g/mol. The summed E-state index contributed by atoms with van der Waals surface area (Å²) in [5.41, 5.74) is 1.95. The van der Waals surface area contributed by atoms with Crippen molar-refractivity contribution in [3.63, 3.8) is 0 Å². The van der Waals surface area contributed by atoms with Gasteiger partial charge in [-0.05, 0) is 49.9 Å². The van der Waals surface area contributed by atoms with Crippen LogP contribution in [0.3, 0.4) is 0 Å². The first kappa shape index (κ1) is 19.5. The Bertz CT molecular complexity index is 1030. The van der Waals surface area contributed by atoms with Crippen LogP contribution in [-0.4, -0.2) is 24.2 Å². The van der Waals surface area contributed by atoms with Crippen molar-refractivity contribution in [2.75, 3.05) is 18.0 Å². The zero-order chi connectivity index (χ0) is 20.1. The Labute approximate surface area is 166 Å². The minimum Gasteiger partial charge on any atom is -0.481 e. The Hall–Kier alpha value is -3.25. The van der Waals surface area contributed by atoms with Crippen LogP contribution in [0.15, 0.2) is 66.7 Å². The van der Waals surface area contributed by atoms with Crippen molar-refractivity contribution in [1.29, 1.82) is 0 Å². The van der Waals surface area contributed by atoms with E-state index in [-0.39, 0.29) is 0 Å². The molecule has 28 heavy (non-hydrogen) atoms. The van der Waals surface area contributed by atoms with Crippen molar-refractivity contribution < 1.29 is 9.90 Å². The van der Waals surface area contributed by atoms with E-state index < -0.39 is 11.4 Å². The second-order valence-electron chi connectivity index (χ2n) is 7.32. The highest BCUT2D eigenvalue weighted by Crippen LogP contribution is 2.26. The van der Waals surface area contributed by atoms with Crippen LogP contribution in [0.2, 0.25) is 0 Å². The molecule has 0 aliphatic heterocycles. The molecule has 0 aliphatic carbocycles. The van der Waals surface area contributed by atoms with Gasteiger partial charge < -0.3 is 10.0 Å². The third kappa shape index (κ3) is 4.02. The van der Waals surface area contributed by atoms with Gasteiger partial charge >= 0.3 is 5.97 Å². The van der Waals surface area contributed by atoms with E-state index in [0.29, 0.717) is 6.54 Å². The number of aliphatic carboxylic acids is 1. The highest BCUT2D eigenvalue weighted by Gasteiger charge is 2.28. The van der Waals surface area contributed by atoms with Crippen LogP contribution in [0.1, 0.15) is 31.9 Å². The molecule has 0 saturated heterocycles. The molecule has 3 rings (SSSR count). The molecule has 0 aliphatic rings. The number of anilines is 1. The number of carboxylic acids is 1. The molecule has 3 aromatic rings. The Morgan fingerprint density at radius 3 is 2.36 bits per heavy atom. The summed E-state index contributed by atoms with van der Waals surface area (Å²) in [6, 6.07) is 22.2. The molecule has 0 unspecified atom stereocenters. The molecule has 0 radical (unpaired) electrons. The Balaban J connectivity index is 1.78. The molecule has 0 heterocycles. The van der Waals surface area contributed by atoms with Gasteiger partial charge in [0.05, 0.1) is 12.0 Å². The first-order chi connectivity index (χ1) is 13.4. The van der Waals surface area contributed by atoms with Gasteiger partial charge in [0.2, 0.25) is 0 Å². The molecular weight excluding hydrogens is 346 g/mol. The van der Waals surface area contributed by atoms with E-state index in [2.05, 4.69) is 66.1 Å². The van der Waals surface area contributed by atoms with Gasteiger partial charge in [-0.3, -0.25) is 4.79 Å². The van der Waals surface area contributed by atoms with Crippen LogP contribution in [0.4, 0.5) is 5.69 Å². The van der Waals surface area contributed by atoms with Crippen LogP contribution >= 0.6 is 0 Å². The normalized spacial score (nSPS) is 11.0. The number of carboxylic acid groups (broad SMARTS) is 1. The Morgan fingerprint density at radius 2 is 1.68 bits per heavy atom. The molecule has 1 N–H and O–H groups in total. The smallest absolute Gasteiger partial charge is 0.313 e. The fraction of sp³-hybridized carbons (Fsp3) is 0.240. The van der Waals surface area contributed by atoms with E-state index >= 15 is 0 Å². The van der Waals surface area contributed by atoms with Crippen molar-refractivity contribution in [2.45, 2.75) is 26.2 Å². The van der Waals surface area contributed by atoms with Gasteiger partial charge in [0.15, 0.2) is 0 Å². The highest BCUT2D eigenvalue weighted by atomic mass is 16.4. The van der Waals surface area contributed by atoms with Crippen molar-refractivity contribution >= 4 is 22.4 Å². The van der Waals surface area contributed by atoms with Gasteiger partial charge in [-0.15, -0.1) is 0 Å². The summed E-state index contributed by atoms with van der Waals surface area (Å²) < 4.78 is 0. The lowest BCUT2D eigenvalue weighted by atomic mass is 9.84. The monoisotopic (exact) mass is 371 g/mol. The molecule has 0 aromatic heterocycles. The molecule has 0 bridgehead atoms. The molecule has 142 valence electrons. The first-order valence-corrected chi connectivity index (χ1v) is 9.49. The standard InChI is InChI=1S/C25H25NO2/c1-4-26(23-13-7-11-20-10-5-6-12-22(20)23)18-8-9-19-14-16-21(17-15-19)25(2,3)24(27)28/h5-7,10-17H,4,18H2,1-3H3,(H,27,28). The maximum atomic E-state index is 11.4. The minimum atomic E-state index is -0.903. The lowest BCUT2D eigenvalue weighted by Crippen LogP contribution is -2.28. The number of fused-ring (bicyclic) bond motifs is 1. The number of benzene rings is 3. The molecule has 0 atom stereocenters. The van der Waals surface area contributed by atoms with Gasteiger partial charge in [0.25, 0.3) is 0 Å². The van der Waals surface area contributed by atoms with Crippen LogP contribution < -0.4 is 4.90 Å². The van der Waals surface area contributed by atoms with E-state index in [1.165, 1.54) is 16.5 Å². The summed E-state index contributed by atoms with van der Waals surface area (Å²) in [4.78, 5) is 13.6. The second kappa shape index (κ2) is 8.19. The van der Waals surface area contributed by atoms with Crippen LogP contribution in [0.5, 0.6) is 0 Å². The molecule has 3 heteroatoms. The number of carbonyl (C=O) groups is 1. The number of nitrogens with zero attached hydrogens (tertiary/aromatic N) is 1. The Morgan fingerprint density at radius 1 is 1.00 bits per heavy atom. The number of hydrogen-bond acceptors (Lipinski definition) is 2. The minimum absolute atomic E-state index is 0.632. The summed E-state index contributed by atoms with van der Waals surface area (Å²) in [5.74, 6) is 5.62. The lowest BCUT2D eigenvalue weighted by molar-refractivity contribution is -0.142.